The van der Waals surface area contributed by atoms with Crippen LogP contribution in [-0.2, 0) is 0 Å². The van der Waals surface area contributed by atoms with Gasteiger partial charge in [-0.1, -0.05) is 84.9 Å². The lowest BCUT2D eigenvalue weighted by Gasteiger charge is -2.13. The first-order chi connectivity index (χ1) is 22.7. The number of para-hydroxylation sites is 2. The smallest absolute Gasteiger partial charge is 0.0998 e. The summed E-state index contributed by atoms with van der Waals surface area (Å²) in [5.74, 6) is 0. The van der Waals surface area contributed by atoms with Gasteiger partial charge in [0.1, 0.15) is 0 Å². The Balaban J connectivity index is 1.37. The molecule has 0 atom stereocenters. The number of aromatic nitrogens is 2. The van der Waals surface area contributed by atoms with Crippen LogP contribution in [0.25, 0.3) is 76.9 Å². The molecule has 0 saturated carbocycles. The van der Waals surface area contributed by atoms with Crippen LogP contribution < -0.4 is 0 Å². The number of benzene rings is 7. The highest BCUT2D eigenvalue weighted by atomic mass is 15.0. The lowest BCUT2D eigenvalue weighted by Crippen LogP contribution is -1.97. The Labute approximate surface area is 264 Å². The summed E-state index contributed by atoms with van der Waals surface area (Å²) in [6.07, 6.45) is 0. The summed E-state index contributed by atoms with van der Waals surface area (Å²) in [5.41, 5.74) is 9.03. The molecule has 4 nitrogen and oxygen atoms in total. The zero-order valence-electron chi connectivity index (χ0n) is 24.6. The van der Waals surface area contributed by atoms with Gasteiger partial charge in [-0.3, -0.25) is 0 Å². The Hall–Kier alpha value is -6.62. The largest absolute Gasteiger partial charge is 0.309 e. The van der Waals surface area contributed by atoms with Gasteiger partial charge in [-0.05, 0) is 77.0 Å². The first-order valence-corrected chi connectivity index (χ1v) is 15.2. The fourth-order valence-electron chi connectivity index (χ4n) is 7.15. The van der Waals surface area contributed by atoms with Crippen LogP contribution in [0.4, 0.5) is 0 Å². The first-order valence-electron chi connectivity index (χ1n) is 15.2. The molecular formula is C42H24N4. The van der Waals surface area contributed by atoms with Crippen molar-refractivity contribution in [3.05, 3.63) is 157 Å². The van der Waals surface area contributed by atoms with Crippen molar-refractivity contribution in [1.29, 1.82) is 10.5 Å². The summed E-state index contributed by atoms with van der Waals surface area (Å²) in [7, 11) is 0. The van der Waals surface area contributed by atoms with E-state index in [1.807, 2.05) is 12.1 Å². The maximum absolute atomic E-state index is 9.91. The highest BCUT2D eigenvalue weighted by Crippen LogP contribution is 2.40. The first kappa shape index (κ1) is 25.8. The average molecular weight is 585 g/mol. The standard InChI is InChI=1S/C42H24N4/c43-25-30-12-7-13-31(26-44)42(30)29-11-8-14-32(22-29)45-38-17-5-3-15-34(38)36-23-37-35-16-4-6-18-39(35)46(41(37)24-40(36)45)33-20-19-27-9-1-2-10-28(27)21-33/h1-24H. The molecule has 2 heterocycles. The van der Waals surface area contributed by atoms with E-state index >= 15 is 0 Å². The molecule has 0 aliphatic heterocycles. The zero-order chi connectivity index (χ0) is 30.8. The summed E-state index contributed by atoms with van der Waals surface area (Å²) in [6, 6.07) is 55.0. The second-order valence-corrected chi connectivity index (χ2v) is 11.6. The van der Waals surface area contributed by atoms with E-state index in [2.05, 4.69) is 137 Å². The van der Waals surface area contributed by atoms with Crippen LogP contribution in [0, 0.1) is 22.7 Å². The third kappa shape index (κ3) is 3.72. The summed E-state index contributed by atoms with van der Waals surface area (Å²) in [6.45, 7) is 0. The fourth-order valence-corrected chi connectivity index (χ4v) is 7.15. The van der Waals surface area contributed by atoms with Gasteiger partial charge in [-0.15, -0.1) is 0 Å². The second-order valence-electron chi connectivity index (χ2n) is 11.6. The lowest BCUT2D eigenvalue weighted by atomic mass is 9.95. The fraction of sp³-hybridized carbons (Fsp3) is 0. The van der Waals surface area contributed by atoms with Gasteiger partial charge < -0.3 is 9.13 Å². The maximum atomic E-state index is 9.91. The van der Waals surface area contributed by atoms with Crippen LogP contribution in [0.2, 0.25) is 0 Å². The van der Waals surface area contributed by atoms with E-state index in [1.165, 1.54) is 32.3 Å². The van der Waals surface area contributed by atoms with Crippen molar-refractivity contribution in [1.82, 2.24) is 9.13 Å². The van der Waals surface area contributed by atoms with Crippen LogP contribution in [0.15, 0.2) is 146 Å². The van der Waals surface area contributed by atoms with E-state index < -0.39 is 0 Å². The van der Waals surface area contributed by atoms with E-state index in [9.17, 15) is 10.5 Å². The van der Waals surface area contributed by atoms with Crippen LogP contribution in [0.5, 0.6) is 0 Å². The van der Waals surface area contributed by atoms with Crippen LogP contribution in [-0.4, -0.2) is 9.13 Å². The molecular weight excluding hydrogens is 560 g/mol. The minimum absolute atomic E-state index is 0.486. The van der Waals surface area contributed by atoms with E-state index in [0.29, 0.717) is 16.7 Å². The predicted octanol–water partition coefficient (Wildman–Crippen LogP) is 10.4. The third-order valence-electron chi connectivity index (χ3n) is 9.16. The summed E-state index contributed by atoms with van der Waals surface area (Å²) in [4.78, 5) is 0. The summed E-state index contributed by atoms with van der Waals surface area (Å²) >= 11 is 0. The Kier molecular flexibility index (Phi) is 5.59. The van der Waals surface area contributed by atoms with Gasteiger partial charge in [-0.25, -0.2) is 0 Å². The van der Waals surface area contributed by atoms with E-state index in [-0.39, 0.29) is 0 Å². The molecule has 0 bridgehead atoms. The number of rotatable bonds is 3. The Morgan fingerprint density at radius 3 is 1.61 bits per heavy atom. The molecule has 0 amide bonds. The SMILES string of the molecule is N#Cc1cccc(C#N)c1-c1cccc(-n2c3ccccc3c3cc4c5ccccc5n(-c5ccc6ccccc6c5)c4cc32)c1. The van der Waals surface area contributed by atoms with Gasteiger partial charge in [0.15, 0.2) is 0 Å². The monoisotopic (exact) mass is 584 g/mol. The molecule has 0 N–H and O–H groups in total. The van der Waals surface area contributed by atoms with Crippen molar-refractivity contribution in [3.8, 4) is 34.6 Å². The van der Waals surface area contributed by atoms with E-state index in [0.717, 1.165) is 39.0 Å². The van der Waals surface area contributed by atoms with Crippen molar-refractivity contribution in [2.24, 2.45) is 0 Å². The predicted molar refractivity (Wildman–Crippen MR) is 187 cm³/mol. The van der Waals surface area contributed by atoms with Crippen LogP contribution in [0.1, 0.15) is 11.1 Å². The van der Waals surface area contributed by atoms with Gasteiger partial charge >= 0.3 is 0 Å². The molecule has 212 valence electrons. The number of nitrogens with zero attached hydrogens (tertiary/aromatic N) is 4. The maximum Gasteiger partial charge on any atom is 0.0998 e. The number of hydrogen-bond donors (Lipinski definition) is 0. The lowest BCUT2D eigenvalue weighted by molar-refractivity contribution is 1.17. The Morgan fingerprint density at radius 2 is 0.957 bits per heavy atom. The topological polar surface area (TPSA) is 57.4 Å². The van der Waals surface area contributed by atoms with Gasteiger partial charge in [0.05, 0.1) is 45.3 Å². The number of nitriles is 2. The molecule has 7 aromatic carbocycles. The molecule has 0 spiro atoms. The Morgan fingerprint density at radius 1 is 0.391 bits per heavy atom. The van der Waals surface area contributed by atoms with E-state index in [1.54, 1.807) is 18.2 Å². The number of fused-ring (bicyclic) bond motifs is 7. The minimum atomic E-state index is 0.486. The summed E-state index contributed by atoms with van der Waals surface area (Å²) in [5, 5.41) is 27.0. The van der Waals surface area contributed by atoms with E-state index in [4.69, 9.17) is 0 Å². The van der Waals surface area contributed by atoms with Gasteiger partial charge in [-0.2, -0.15) is 10.5 Å². The highest BCUT2D eigenvalue weighted by Gasteiger charge is 2.19. The van der Waals surface area contributed by atoms with Crippen LogP contribution in [0.3, 0.4) is 0 Å². The van der Waals surface area contributed by atoms with Gasteiger partial charge in [0, 0.05) is 38.5 Å². The minimum Gasteiger partial charge on any atom is -0.309 e. The summed E-state index contributed by atoms with van der Waals surface area (Å²) < 4.78 is 4.67. The second kappa shape index (κ2) is 9.96. The van der Waals surface area contributed by atoms with Crippen molar-refractivity contribution in [2.45, 2.75) is 0 Å². The van der Waals surface area contributed by atoms with Gasteiger partial charge in [0.2, 0.25) is 0 Å². The molecule has 9 rings (SSSR count). The molecule has 0 fully saturated rings. The molecule has 0 aliphatic rings. The van der Waals surface area contributed by atoms with Crippen molar-refractivity contribution in [3.63, 3.8) is 0 Å². The molecule has 0 unspecified atom stereocenters. The van der Waals surface area contributed by atoms with Crippen molar-refractivity contribution >= 4 is 54.4 Å². The molecule has 0 saturated heterocycles. The molecule has 9 aromatic rings. The molecule has 0 radical (unpaired) electrons. The quantitative estimate of drug-likeness (QED) is 0.207. The number of hydrogen-bond acceptors (Lipinski definition) is 2. The zero-order valence-corrected chi connectivity index (χ0v) is 24.6. The highest BCUT2D eigenvalue weighted by molar-refractivity contribution is 6.19. The average Bonchev–Trinajstić information content (AvgIpc) is 3.62. The van der Waals surface area contributed by atoms with Gasteiger partial charge in [0.25, 0.3) is 0 Å². The van der Waals surface area contributed by atoms with Crippen molar-refractivity contribution < 1.29 is 0 Å². The molecule has 0 aliphatic carbocycles. The van der Waals surface area contributed by atoms with Crippen molar-refractivity contribution in [2.75, 3.05) is 0 Å². The molecule has 4 heteroatoms. The Bertz CT molecular complexity index is 2750. The molecule has 46 heavy (non-hydrogen) atoms. The molecule has 2 aromatic heterocycles. The normalized spacial score (nSPS) is 11.4. The third-order valence-corrected chi connectivity index (χ3v) is 9.16. The van der Waals surface area contributed by atoms with Crippen LogP contribution >= 0.6 is 0 Å².